The maximum Gasteiger partial charge on any atom is 0.311 e. The van der Waals surface area contributed by atoms with E-state index in [1.54, 1.807) is 0 Å². The maximum atomic E-state index is 11.4. The predicted octanol–water partition coefficient (Wildman–Crippen LogP) is 1.00. The van der Waals surface area contributed by atoms with Gasteiger partial charge in [0.15, 0.2) is 11.6 Å². The minimum Gasteiger partial charge on any atom is -0.481 e. The molecule has 0 bridgehead atoms. The molecule has 94 valence electrons. The SMILES string of the molecule is O=C(O)CC(=O)c1cccc(C(=O)CC(=O)O)c1. The summed E-state index contributed by atoms with van der Waals surface area (Å²) >= 11 is 0. The molecule has 1 aromatic rings. The molecule has 6 heteroatoms. The van der Waals surface area contributed by atoms with E-state index in [0.717, 1.165) is 0 Å². The second-order valence-corrected chi connectivity index (χ2v) is 3.57. The fourth-order valence-electron chi connectivity index (χ4n) is 1.34. The van der Waals surface area contributed by atoms with Crippen LogP contribution in [0.25, 0.3) is 0 Å². The maximum absolute atomic E-state index is 11.4. The van der Waals surface area contributed by atoms with E-state index < -0.39 is 36.3 Å². The van der Waals surface area contributed by atoms with Gasteiger partial charge in [-0.3, -0.25) is 19.2 Å². The summed E-state index contributed by atoms with van der Waals surface area (Å²) in [6.07, 6.45) is -1.34. The summed E-state index contributed by atoms with van der Waals surface area (Å²) in [6, 6.07) is 5.37. The van der Waals surface area contributed by atoms with Crippen LogP contribution in [-0.4, -0.2) is 33.7 Å². The van der Waals surface area contributed by atoms with Crippen molar-refractivity contribution in [2.24, 2.45) is 0 Å². The monoisotopic (exact) mass is 250 g/mol. The van der Waals surface area contributed by atoms with Crippen LogP contribution in [0.1, 0.15) is 33.6 Å². The number of Topliss-reactive ketones (excluding diaryl/α,β-unsaturated/α-hetero) is 2. The molecule has 0 aliphatic carbocycles. The molecule has 0 aromatic heterocycles. The van der Waals surface area contributed by atoms with Crippen LogP contribution in [0.3, 0.4) is 0 Å². The Morgan fingerprint density at radius 3 is 1.56 bits per heavy atom. The van der Waals surface area contributed by atoms with Crippen LogP contribution in [0.4, 0.5) is 0 Å². The van der Waals surface area contributed by atoms with E-state index in [9.17, 15) is 19.2 Å². The van der Waals surface area contributed by atoms with Crippen molar-refractivity contribution >= 4 is 23.5 Å². The molecule has 0 saturated carbocycles. The zero-order valence-corrected chi connectivity index (χ0v) is 9.25. The summed E-state index contributed by atoms with van der Waals surface area (Å²) in [7, 11) is 0. The molecule has 0 spiro atoms. The van der Waals surface area contributed by atoms with Gasteiger partial charge in [0.25, 0.3) is 0 Å². The number of aliphatic carboxylic acids is 2. The van der Waals surface area contributed by atoms with E-state index >= 15 is 0 Å². The zero-order chi connectivity index (χ0) is 13.7. The number of ketones is 2. The van der Waals surface area contributed by atoms with Crippen LogP contribution in [0.15, 0.2) is 24.3 Å². The molecule has 1 aromatic carbocycles. The van der Waals surface area contributed by atoms with Crippen molar-refractivity contribution in [3.05, 3.63) is 35.4 Å². The molecule has 0 amide bonds. The number of hydrogen-bond donors (Lipinski definition) is 2. The molecule has 0 saturated heterocycles. The summed E-state index contributed by atoms with van der Waals surface area (Å²) in [5, 5.41) is 17.0. The van der Waals surface area contributed by atoms with Crippen LogP contribution in [-0.2, 0) is 9.59 Å². The Balaban J connectivity index is 2.92. The van der Waals surface area contributed by atoms with Crippen molar-refractivity contribution in [2.45, 2.75) is 12.8 Å². The smallest absolute Gasteiger partial charge is 0.311 e. The van der Waals surface area contributed by atoms with Gasteiger partial charge in [-0.1, -0.05) is 18.2 Å². The van der Waals surface area contributed by atoms with Crippen LogP contribution >= 0.6 is 0 Å². The topological polar surface area (TPSA) is 109 Å². The Hall–Kier alpha value is -2.50. The van der Waals surface area contributed by atoms with Crippen molar-refractivity contribution in [1.29, 1.82) is 0 Å². The number of carbonyl (C=O) groups excluding carboxylic acids is 2. The summed E-state index contributed by atoms with van der Waals surface area (Å²) in [5.41, 5.74) is 0.155. The van der Waals surface area contributed by atoms with Gasteiger partial charge in [0.1, 0.15) is 12.8 Å². The number of carbonyl (C=O) groups is 4. The summed E-state index contributed by atoms with van der Waals surface area (Å²) in [5.74, 6) is -3.79. The standard InChI is InChI=1S/C12H10O6/c13-9(5-11(15)16)7-2-1-3-8(4-7)10(14)6-12(17)18/h1-4H,5-6H2,(H,15,16)(H,17,18). The van der Waals surface area contributed by atoms with E-state index in [-0.39, 0.29) is 11.1 Å². The van der Waals surface area contributed by atoms with E-state index in [0.29, 0.717) is 0 Å². The first-order chi connectivity index (χ1) is 8.40. The van der Waals surface area contributed by atoms with Gasteiger partial charge < -0.3 is 10.2 Å². The molecule has 18 heavy (non-hydrogen) atoms. The Bertz CT molecular complexity index is 474. The fraction of sp³-hybridized carbons (Fsp3) is 0.167. The molecular formula is C12H10O6. The molecule has 1 rings (SSSR count). The lowest BCUT2D eigenvalue weighted by atomic mass is 10.0. The van der Waals surface area contributed by atoms with Gasteiger partial charge in [-0.25, -0.2) is 0 Å². The Kier molecular flexibility index (Phi) is 4.31. The third-order valence-corrected chi connectivity index (χ3v) is 2.13. The summed E-state index contributed by atoms with van der Waals surface area (Å²) < 4.78 is 0. The molecule has 0 atom stereocenters. The zero-order valence-electron chi connectivity index (χ0n) is 9.25. The minimum absolute atomic E-state index is 0.0774. The molecule has 0 unspecified atom stereocenters. The highest BCUT2D eigenvalue weighted by atomic mass is 16.4. The highest BCUT2D eigenvalue weighted by Gasteiger charge is 2.14. The van der Waals surface area contributed by atoms with Gasteiger partial charge in [-0.2, -0.15) is 0 Å². The van der Waals surface area contributed by atoms with Crippen LogP contribution < -0.4 is 0 Å². The number of rotatable bonds is 6. The quantitative estimate of drug-likeness (QED) is 0.575. The highest BCUT2D eigenvalue weighted by Crippen LogP contribution is 2.10. The van der Waals surface area contributed by atoms with Gasteiger partial charge in [-0.15, -0.1) is 0 Å². The molecule has 0 aliphatic heterocycles. The first-order valence-corrected chi connectivity index (χ1v) is 5.00. The van der Waals surface area contributed by atoms with Gasteiger partial charge in [-0.05, 0) is 6.07 Å². The first kappa shape index (κ1) is 13.6. The second-order valence-electron chi connectivity index (χ2n) is 3.57. The van der Waals surface area contributed by atoms with Gasteiger partial charge >= 0.3 is 11.9 Å². The van der Waals surface area contributed by atoms with E-state index in [1.807, 2.05) is 0 Å². The highest BCUT2D eigenvalue weighted by molar-refractivity contribution is 6.09. The number of carboxylic acids is 2. The van der Waals surface area contributed by atoms with E-state index in [2.05, 4.69) is 0 Å². The van der Waals surface area contributed by atoms with Crippen LogP contribution in [0.2, 0.25) is 0 Å². The Morgan fingerprint density at radius 2 is 1.22 bits per heavy atom. The average molecular weight is 250 g/mol. The molecule has 0 fully saturated rings. The van der Waals surface area contributed by atoms with E-state index in [1.165, 1.54) is 24.3 Å². The third-order valence-electron chi connectivity index (χ3n) is 2.13. The number of hydrogen-bond acceptors (Lipinski definition) is 4. The van der Waals surface area contributed by atoms with Crippen LogP contribution in [0.5, 0.6) is 0 Å². The minimum atomic E-state index is -1.26. The normalized spacial score (nSPS) is 9.78. The Labute approximate surface area is 102 Å². The summed E-state index contributed by atoms with van der Waals surface area (Å²) in [6.45, 7) is 0. The largest absolute Gasteiger partial charge is 0.481 e. The van der Waals surface area contributed by atoms with Crippen molar-refractivity contribution in [1.82, 2.24) is 0 Å². The van der Waals surface area contributed by atoms with Gasteiger partial charge in [0.2, 0.25) is 0 Å². The molecule has 0 aliphatic rings. The molecular weight excluding hydrogens is 240 g/mol. The number of benzene rings is 1. The van der Waals surface area contributed by atoms with Gasteiger partial charge in [0.05, 0.1) is 0 Å². The second kappa shape index (κ2) is 5.72. The lowest BCUT2D eigenvalue weighted by Crippen LogP contribution is -2.10. The molecule has 6 nitrogen and oxygen atoms in total. The Morgan fingerprint density at radius 1 is 0.833 bits per heavy atom. The van der Waals surface area contributed by atoms with Crippen molar-refractivity contribution < 1.29 is 29.4 Å². The lowest BCUT2D eigenvalue weighted by Gasteiger charge is -2.02. The third kappa shape index (κ3) is 3.82. The summed E-state index contributed by atoms with van der Waals surface area (Å²) in [4.78, 5) is 43.7. The van der Waals surface area contributed by atoms with Crippen molar-refractivity contribution in [3.63, 3.8) is 0 Å². The molecule has 2 N–H and O–H groups in total. The molecule has 0 heterocycles. The number of carboxylic acid groups (broad SMARTS) is 2. The van der Waals surface area contributed by atoms with Crippen molar-refractivity contribution in [2.75, 3.05) is 0 Å². The lowest BCUT2D eigenvalue weighted by molar-refractivity contribution is -0.137. The molecule has 0 radical (unpaired) electrons. The average Bonchev–Trinajstić information content (AvgIpc) is 2.27. The van der Waals surface area contributed by atoms with Gasteiger partial charge in [0, 0.05) is 11.1 Å². The first-order valence-electron chi connectivity index (χ1n) is 5.00. The van der Waals surface area contributed by atoms with Crippen molar-refractivity contribution in [3.8, 4) is 0 Å². The van der Waals surface area contributed by atoms with Crippen LogP contribution in [0, 0.1) is 0 Å². The van der Waals surface area contributed by atoms with E-state index in [4.69, 9.17) is 10.2 Å². The fourth-order valence-corrected chi connectivity index (χ4v) is 1.34. The predicted molar refractivity (Wildman–Crippen MR) is 59.6 cm³/mol.